The van der Waals surface area contributed by atoms with Crippen LogP contribution in [0.1, 0.15) is 38.1 Å². The molecule has 3 N–H and O–H groups in total. The van der Waals surface area contributed by atoms with Gasteiger partial charge >= 0.3 is 6.03 Å². The van der Waals surface area contributed by atoms with Gasteiger partial charge in [-0.25, -0.2) is 4.79 Å². The van der Waals surface area contributed by atoms with Gasteiger partial charge in [-0.15, -0.1) is 0 Å². The van der Waals surface area contributed by atoms with Crippen molar-refractivity contribution in [2.45, 2.75) is 32.4 Å². The van der Waals surface area contributed by atoms with Crippen LogP contribution in [-0.2, 0) is 4.79 Å². The average molecular weight is 329 g/mol. The van der Waals surface area contributed by atoms with Gasteiger partial charge in [-0.1, -0.05) is 30.3 Å². The van der Waals surface area contributed by atoms with Gasteiger partial charge in [0.1, 0.15) is 5.76 Å². The number of hydrogen-bond acceptors (Lipinski definition) is 4. The third kappa shape index (κ3) is 5.55. The maximum Gasteiger partial charge on any atom is 0.321 e. The van der Waals surface area contributed by atoms with Crippen molar-refractivity contribution in [1.29, 1.82) is 0 Å². The Morgan fingerprint density at radius 3 is 2.38 bits per heavy atom. The standard InChI is InChI=1S/C18H23N3O3/c1-18(2,3)21-17(23)20-15(22)12-19-16(14-10-7-11-24-14)13-8-5-4-6-9-13/h4-11,16,19H,12H2,1-3H3,(H2,20,21,22,23)/t16-/m1/s1. The zero-order chi connectivity index (χ0) is 17.6. The average Bonchev–Trinajstić information content (AvgIpc) is 3.00. The molecule has 3 amide bonds. The molecule has 0 radical (unpaired) electrons. The van der Waals surface area contributed by atoms with Crippen LogP contribution in [0, 0.1) is 0 Å². The maximum absolute atomic E-state index is 12.0. The number of urea groups is 1. The van der Waals surface area contributed by atoms with Crippen molar-refractivity contribution in [2.75, 3.05) is 6.54 Å². The molecule has 0 saturated carbocycles. The highest BCUT2D eigenvalue weighted by Crippen LogP contribution is 2.21. The van der Waals surface area contributed by atoms with Gasteiger partial charge in [-0.05, 0) is 38.5 Å². The minimum Gasteiger partial charge on any atom is -0.467 e. The second-order valence-electron chi connectivity index (χ2n) is 6.49. The normalized spacial score (nSPS) is 12.5. The summed E-state index contributed by atoms with van der Waals surface area (Å²) in [4.78, 5) is 23.7. The van der Waals surface area contributed by atoms with E-state index in [9.17, 15) is 9.59 Å². The van der Waals surface area contributed by atoms with E-state index < -0.39 is 17.5 Å². The van der Waals surface area contributed by atoms with Crippen molar-refractivity contribution in [3.05, 3.63) is 60.1 Å². The summed E-state index contributed by atoms with van der Waals surface area (Å²) in [5, 5.41) is 8.11. The van der Waals surface area contributed by atoms with Crippen molar-refractivity contribution < 1.29 is 14.0 Å². The van der Waals surface area contributed by atoms with Crippen LogP contribution in [-0.4, -0.2) is 24.0 Å². The van der Waals surface area contributed by atoms with E-state index in [1.807, 2.05) is 57.2 Å². The zero-order valence-corrected chi connectivity index (χ0v) is 14.1. The Balaban J connectivity index is 1.96. The molecule has 2 aromatic rings. The number of carbonyl (C=O) groups excluding carboxylic acids is 2. The summed E-state index contributed by atoms with van der Waals surface area (Å²) in [6.07, 6.45) is 1.59. The molecule has 0 aliphatic heterocycles. The van der Waals surface area contributed by atoms with Crippen LogP contribution >= 0.6 is 0 Å². The molecule has 6 nitrogen and oxygen atoms in total. The molecular formula is C18H23N3O3. The lowest BCUT2D eigenvalue weighted by Gasteiger charge is -2.21. The van der Waals surface area contributed by atoms with E-state index in [-0.39, 0.29) is 12.6 Å². The lowest BCUT2D eigenvalue weighted by Crippen LogP contribution is -2.50. The third-order valence-corrected chi connectivity index (χ3v) is 3.17. The van der Waals surface area contributed by atoms with E-state index in [0.717, 1.165) is 5.56 Å². The summed E-state index contributed by atoms with van der Waals surface area (Å²) >= 11 is 0. The topological polar surface area (TPSA) is 83.4 Å². The minimum atomic E-state index is -0.511. The lowest BCUT2D eigenvalue weighted by molar-refractivity contribution is -0.119. The highest BCUT2D eigenvalue weighted by atomic mass is 16.3. The van der Waals surface area contributed by atoms with E-state index in [4.69, 9.17) is 4.42 Å². The highest BCUT2D eigenvalue weighted by Gasteiger charge is 2.19. The fraction of sp³-hybridized carbons (Fsp3) is 0.333. The number of carbonyl (C=O) groups is 2. The molecule has 0 aliphatic rings. The summed E-state index contributed by atoms with van der Waals surface area (Å²) in [6, 6.07) is 12.5. The van der Waals surface area contributed by atoms with Crippen LogP contribution in [0.4, 0.5) is 4.79 Å². The van der Waals surface area contributed by atoms with Crippen LogP contribution in [0.3, 0.4) is 0 Å². The molecule has 0 saturated heterocycles. The van der Waals surface area contributed by atoms with Crippen LogP contribution in [0.5, 0.6) is 0 Å². The van der Waals surface area contributed by atoms with Crippen molar-refractivity contribution >= 4 is 11.9 Å². The first-order valence-electron chi connectivity index (χ1n) is 7.79. The first kappa shape index (κ1) is 17.7. The van der Waals surface area contributed by atoms with Crippen molar-refractivity contribution in [1.82, 2.24) is 16.0 Å². The number of hydrogen-bond donors (Lipinski definition) is 3. The molecule has 1 aromatic heterocycles. The van der Waals surface area contributed by atoms with Crippen LogP contribution in [0.25, 0.3) is 0 Å². The van der Waals surface area contributed by atoms with Gasteiger partial charge in [0.25, 0.3) is 0 Å². The van der Waals surface area contributed by atoms with E-state index in [2.05, 4.69) is 16.0 Å². The molecule has 0 aliphatic carbocycles. The van der Waals surface area contributed by atoms with Crippen molar-refractivity contribution in [3.63, 3.8) is 0 Å². The van der Waals surface area contributed by atoms with E-state index in [1.165, 1.54) is 0 Å². The summed E-state index contributed by atoms with van der Waals surface area (Å²) in [7, 11) is 0. The number of amides is 3. The fourth-order valence-electron chi connectivity index (χ4n) is 2.22. The Morgan fingerprint density at radius 1 is 1.08 bits per heavy atom. The number of rotatable bonds is 5. The van der Waals surface area contributed by atoms with Gasteiger partial charge in [-0.2, -0.15) is 0 Å². The predicted octanol–water partition coefficient (Wildman–Crippen LogP) is 2.58. The molecule has 1 atom stereocenters. The van der Waals surface area contributed by atoms with Gasteiger partial charge in [-0.3, -0.25) is 15.4 Å². The van der Waals surface area contributed by atoms with Crippen molar-refractivity contribution in [2.24, 2.45) is 0 Å². The monoisotopic (exact) mass is 329 g/mol. The molecule has 0 spiro atoms. The summed E-state index contributed by atoms with van der Waals surface area (Å²) in [5.41, 5.74) is 0.567. The Labute approximate surface area is 141 Å². The number of nitrogens with one attached hydrogen (secondary N) is 3. The van der Waals surface area contributed by atoms with E-state index in [1.54, 1.807) is 12.3 Å². The number of benzene rings is 1. The second kappa shape index (κ2) is 7.79. The first-order chi connectivity index (χ1) is 11.3. The molecule has 6 heteroatoms. The number of imide groups is 1. The predicted molar refractivity (Wildman–Crippen MR) is 91.4 cm³/mol. The molecule has 24 heavy (non-hydrogen) atoms. The second-order valence-corrected chi connectivity index (χ2v) is 6.49. The highest BCUT2D eigenvalue weighted by molar-refractivity contribution is 5.95. The quantitative estimate of drug-likeness (QED) is 0.787. The van der Waals surface area contributed by atoms with Gasteiger partial charge < -0.3 is 9.73 Å². The van der Waals surface area contributed by atoms with Gasteiger partial charge in [0.05, 0.1) is 18.8 Å². The molecule has 2 rings (SSSR count). The Kier molecular flexibility index (Phi) is 5.76. The molecule has 1 aromatic carbocycles. The third-order valence-electron chi connectivity index (χ3n) is 3.17. The summed E-state index contributed by atoms with van der Waals surface area (Å²) in [5.74, 6) is 0.289. The van der Waals surface area contributed by atoms with Crippen LogP contribution in [0.15, 0.2) is 53.1 Å². The Hall–Kier alpha value is -2.60. The molecule has 0 unspecified atom stereocenters. The smallest absolute Gasteiger partial charge is 0.321 e. The molecular weight excluding hydrogens is 306 g/mol. The minimum absolute atomic E-state index is 0.0160. The van der Waals surface area contributed by atoms with Gasteiger partial charge in [0.2, 0.25) is 5.91 Å². The number of furan rings is 1. The lowest BCUT2D eigenvalue weighted by atomic mass is 10.0. The first-order valence-corrected chi connectivity index (χ1v) is 7.79. The van der Waals surface area contributed by atoms with E-state index >= 15 is 0 Å². The van der Waals surface area contributed by atoms with Crippen LogP contribution < -0.4 is 16.0 Å². The van der Waals surface area contributed by atoms with Gasteiger partial charge in [0, 0.05) is 5.54 Å². The van der Waals surface area contributed by atoms with Crippen LogP contribution in [0.2, 0.25) is 0 Å². The largest absolute Gasteiger partial charge is 0.467 e. The van der Waals surface area contributed by atoms with E-state index in [0.29, 0.717) is 5.76 Å². The molecule has 128 valence electrons. The summed E-state index contributed by atoms with van der Waals surface area (Å²) < 4.78 is 5.46. The summed E-state index contributed by atoms with van der Waals surface area (Å²) in [6.45, 7) is 5.52. The van der Waals surface area contributed by atoms with Gasteiger partial charge in [0.15, 0.2) is 0 Å². The molecule has 0 bridgehead atoms. The molecule has 0 fully saturated rings. The Bertz CT molecular complexity index is 661. The maximum atomic E-state index is 12.0. The van der Waals surface area contributed by atoms with Crippen molar-refractivity contribution in [3.8, 4) is 0 Å². The fourth-order valence-corrected chi connectivity index (χ4v) is 2.22. The SMILES string of the molecule is CC(C)(C)NC(=O)NC(=O)CN[C@H](c1ccccc1)c1ccco1. The zero-order valence-electron chi connectivity index (χ0n) is 14.1. The molecule has 1 heterocycles. The Morgan fingerprint density at radius 2 is 1.79 bits per heavy atom.